The van der Waals surface area contributed by atoms with Crippen molar-refractivity contribution < 1.29 is 18.0 Å². The summed E-state index contributed by atoms with van der Waals surface area (Å²) in [5, 5.41) is 3.76. The van der Waals surface area contributed by atoms with E-state index in [4.69, 9.17) is 23.2 Å². The van der Waals surface area contributed by atoms with E-state index in [0.717, 1.165) is 46.7 Å². The third-order valence-corrected chi connectivity index (χ3v) is 10.1. The Bertz CT molecular complexity index is 1510. The number of hydrogen-bond donors (Lipinski definition) is 1. The first kappa shape index (κ1) is 31.9. The van der Waals surface area contributed by atoms with Crippen LogP contribution in [0.2, 0.25) is 10.0 Å². The van der Waals surface area contributed by atoms with Crippen LogP contribution in [0.4, 0.5) is 5.69 Å². The summed E-state index contributed by atoms with van der Waals surface area (Å²) in [6.45, 7) is 6.66. The van der Waals surface area contributed by atoms with Crippen LogP contribution in [0.15, 0.2) is 65.6 Å². The molecule has 1 unspecified atom stereocenters. The molecule has 3 aromatic rings. The number of anilines is 1. The molecule has 0 aliphatic heterocycles. The Labute approximate surface area is 258 Å². The van der Waals surface area contributed by atoms with Crippen molar-refractivity contribution in [1.29, 1.82) is 0 Å². The average Bonchev–Trinajstić information content (AvgIpc) is 3.43. The average molecular weight is 631 g/mol. The monoisotopic (exact) mass is 629 g/mol. The molecule has 1 aliphatic carbocycles. The molecule has 10 heteroatoms. The van der Waals surface area contributed by atoms with Crippen LogP contribution in [0.3, 0.4) is 0 Å². The van der Waals surface area contributed by atoms with E-state index >= 15 is 0 Å². The first-order chi connectivity index (χ1) is 19.9. The Morgan fingerprint density at radius 2 is 1.48 bits per heavy atom. The Hall–Kier alpha value is -3.07. The summed E-state index contributed by atoms with van der Waals surface area (Å²) in [6.07, 6.45) is 3.86. The molecule has 0 heterocycles. The van der Waals surface area contributed by atoms with Gasteiger partial charge >= 0.3 is 0 Å². The van der Waals surface area contributed by atoms with Gasteiger partial charge in [-0.1, -0.05) is 65.9 Å². The molecule has 1 N–H and O–H groups in total. The van der Waals surface area contributed by atoms with E-state index in [0.29, 0.717) is 21.3 Å². The number of nitrogens with one attached hydrogen (secondary N) is 1. The highest BCUT2D eigenvalue weighted by atomic mass is 35.5. The van der Waals surface area contributed by atoms with Crippen LogP contribution in [0, 0.1) is 20.8 Å². The molecule has 0 spiro atoms. The van der Waals surface area contributed by atoms with E-state index in [-0.39, 0.29) is 23.4 Å². The molecule has 0 saturated heterocycles. The van der Waals surface area contributed by atoms with Crippen LogP contribution in [-0.4, -0.2) is 43.8 Å². The zero-order valence-corrected chi connectivity index (χ0v) is 26.7. The maximum atomic E-state index is 14.2. The van der Waals surface area contributed by atoms with Crippen LogP contribution in [0.5, 0.6) is 0 Å². The van der Waals surface area contributed by atoms with E-state index < -0.39 is 28.5 Å². The molecular formula is C32H37Cl2N3O4S. The molecule has 224 valence electrons. The number of carbonyl (C=O) groups is 2. The highest BCUT2D eigenvalue weighted by Gasteiger charge is 2.34. The van der Waals surface area contributed by atoms with E-state index in [1.807, 2.05) is 26.8 Å². The van der Waals surface area contributed by atoms with Crippen LogP contribution < -0.4 is 9.62 Å². The number of rotatable bonds is 10. The zero-order valence-electron chi connectivity index (χ0n) is 24.4. The van der Waals surface area contributed by atoms with Crippen molar-refractivity contribution in [3.8, 4) is 0 Å². The lowest BCUT2D eigenvalue weighted by molar-refractivity contribution is -0.139. The summed E-state index contributed by atoms with van der Waals surface area (Å²) in [6, 6.07) is 16.1. The fraction of sp³-hybridized carbons (Fsp3) is 0.375. The van der Waals surface area contributed by atoms with Crippen molar-refractivity contribution in [3.05, 3.63) is 93.0 Å². The van der Waals surface area contributed by atoms with Crippen LogP contribution in [0.1, 0.15) is 54.9 Å². The number of hydrogen-bond acceptors (Lipinski definition) is 4. The molecule has 2 amide bonds. The van der Waals surface area contributed by atoms with Crippen LogP contribution in [-0.2, 0) is 26.2 Å². The van der Waals surface area contributed by atoms with Gasteiger partial charge in [0.1, 0.15) is 12.6 Å². The molecule has 1 fully saturated rings. The predicted octanol–water partition coefficient (Wildman–Crippen LogP) is 6.59. The molecule has 1 aliphatic rings. The summed E-state index contributed by atoms with van der Waals surface area (Å²) in [5.41, 5.74) is 3.46. The largest absolute Gasteiger partial charge is 0.352 e. The summed E-state index contributed by atoms with van der Waals surface area (Å²) >= 11 is 12.9. The molecule has 3 aromatic carbocycles. The van der Waals surface area contributed by atoms with E-state index in [9.17, 15) is 18.0 Å². The Balaban J connectivity index is 1.74. The van der Waals surface area contributed by atoms with Crippen molar-refractivity contribution in [3.63, 3.8) is 0 Å². The molecule has 4 rings (SSSR count). The van der Waals surface area contributed by atoms with Gasteiger partial charge in [-0.2, -0.15) is 0 Å². The van der Waals surface area contributed by atoms with Crippen LogP contribution >= 0.6 is 23.2 Å². The molecule has 0 radical (unpaired) electrons. The molecule has 0 aromatic heterocycles. The lowest BCUT2D eigenvalue weighted by Gasteiger charge is -2.33. The normalized spacial score (nSPS) is 14.4. The van der Waals surface area contributed by atoms with Gasteiger partial charge in [-0.05, 0) is 88.1 Å². The molecule has 0 bridgehead atoms. The first-order valence-electron chi connectivity index (χ1n) is 14.1. The number of sulfonamides is 1. The van der Waals surface area contributed by atoms with Gasteiger partial charge in [0.25, 0.3) is 10.0 Å². The third kappa shape index (κ3) is 7.46. The molecule has 42 heavy (non-hydrogen) atoms. The second kappa shape index (κ2) is 13.5. The Morgan fingerprint density at radius 3 is 2.05 bits per heavy atom. The van der Waals surface area contributed by atoms with Gasteiger partial charge in [-0.3, -0.25) is 13.9 Å². The van der Waals surface area contributed by atoms with Gasteiger partial charge in [0.05, 0.1) is 10.6 Å². The standard InChI is InChI=1S/C32H37Cl2N3O4S/c1-21-12-14-27(15-13-21)42(40,41)37(26-17-22(2)16-23(3)18-26)20-31(38)36(19-28-29(33)10-7-11-30(28)34)24(4)32(39)35-25-8-5-6-9-25/h7,10-18,24-25H,5-6,8-9,19-20H2,1-4H3,(H,35,39). The summed E-state index contributed by atoms with van der Waals surface area (Å²) < 4.78 is 29.2. The topological polar surface area (TPSA) is 86.8 Å². The smallest absolute Gasteiger partial charge is 0.264 e. The summed E-state index contributed by atoms with van der Waals surface area (Å²) in [7, 11) is -4.15. The quantitative estimate of drug-likeness (QED) is 0.274. The first-order valence-corrected chi connectivity index (χ1v) is 16.3. The number of amides is 2. The SMILES string of the molecule is Cc1ccc(S(=O)(=O)N(CC(=O)N(Cc2c(Cl)cccc2Cl)C(C)C(=O)NC2CCCC2)c2cc(C)cc(C)c2)cc1. The second-order valence-electron chi connectivity index (χ2n) is 11.1. The Morgan fingerprint density at radius 1 is 0.905 bits per heavy atom. The number of carbonyl (C=O) groups excluding carboxylic acids is 2. The van der Waals surface area contributed by atoms with Crippen LogP contribution in [0.25, 0.3) is 0 Å². The minimum Gasteiger partial charge on any atom is -0.352 e. The van der Waals surface area contributed by atoms with Crippen molar-refractivity contribution in [2.24, 2.45) is 0 Å². The number of aryl methyl sites for hydroxylation is 3. The molecular weight excluding hydrogens is 593 g/mol. The van der Waals surface area contributed by atoms with Crippen molar-refractivity contribution in [1.82, 2.24) is 10.2 Å². The van der Waals surface area contributed by atoms with Gasteiger partial charge in [0.15, 0.2) is 0 Å². The second-order valence-corrected chi connectivity index (χ2v) is 13.7. The highest BCUT2D eigenvalue weighted by molar-refractivity contribution is 7.92. The maximum Gasteiger partial charge on any atom is 0.264 e. The summed E-state index contributed by atoms with van der Waals surface area (Å²) in [5.74, 6) is -0.868. The summed E-state index contributed by atoms with van der Waals surface area (Å²) in [4.78, 5) is 29.0. The number of benzene rings is 3. The number of nitrogens with zero attached hydrogens (tertiary/aromatic N) is 2. The third-order valence-electron chi connectivity index (χ3n) is 7.64. The fourth-order valence-corrected chi connectivity index (χ4v) is 7.20. The van der Waals surface area contributed by atoms with Crippen molar-refractivity contribution in [2.75, 3.05) is 10.8 Å². The minimum absolute atomic E-state index is 0.0505. The zero-order chi connectivity index (χ0) is 30.6. The van der Waals surface area contributed by atoms with Gasteiger partial charge in [0, 0.05) is 28.2 Å². The van der Waals surface area contributed by atoms with Crippen molar-refractivity contribution in [2.45, 2.75) is 76.9 Å². The lowest BCUT2D eigenvalue weighted by Crippen LogP contribution is -2.52. The highest BCUT2D eigenvalue weighted by Crippen LogP contribution is 2.29. The van der Waals surface area contributed by atoms with E-state index in [2.05, 4.69) is 5.32 Å². The predicted molar refractivity (Wildman–Crippen MR) is 168 cm³/mol. The Kier molecular flexibility index (Phi) is 10.2. The molecule has 7 nitrogen and oxygen atoms in total. The van der Waals surface area contributed by atoms with E-state index in [1.165, 1.54) is 17.0 Å². The minimum atomic E-state index is -4.15. The molecule has 1 saturated carbocycles. The van der Waals surface area contributed by atoms with Gasteiger partial charge in [0.2, 0.25) is 11.8 Å². The number of halogens is 2. The van der Waals surface area contributed by atoms with Gasteiger partial charge in [-0.15, -0.1) is 0 Å². The maximum absolute atomic E-state index is 14.2. The van der Waals surface area contributed by atoms with Crippen molar-refractivity contribution >= 4 is 50.7 Å². The van der Waals surface area contributed by atoms with Gasteiger partial charge in [-0.25, -0.2) is 8.42 Å². The van der Waals surface area contributed by atoms with E-state index in [1.54, 1.807) is 49.4 Å². The van der Waals surface area contributed by atoms with Gasteiger partial charge < -0.3 is 10.2 Å². The lowest BCUT2D eigenvalue weighted by atomic mass is 10.1. The molecule has 1 atom stereocenters. The fourth-order valence-electron chi connectivity index (χ4n) is 5.29.